The first-order valence-electron chi connectivity index (χ1n) is 11.6. The van der Waals surface area contributed by atoms with Crippen LogP contribution in [-0.4, -0.2) is 48.5 Å². The lowest BCUT2D eigenvalue weighted by Crippen LogP contribution is -2.65. The van der Waals surface area contributed by atoms with E-state index in [1.54, 1.807) is 11.3 Å². The number of piperidine rings is 3. The lowest BCUT2D eigenvalue weighted by Gasteiger charge is -2.51. The molecule has 3 fully saturated rings. The maximum Gasteiger partial charge on any atom is 0.334 e. The lowest BCUT2D eigenvalue weighted by atomic mass is 9.82. The van der Waals surface area contributed by atoms with Crippen LogP contribution in [0.15, 0.2) is 78.2 Å². The second kappa shape index (κ2) is 9.49. The zero-order valence-electron chi connectivity index (χ0n) is 18.6. The topological polar surface area (TPSA) is 55.4 Å². The Bertz CT molecular complexity index is 1080. The molecule has 3 saturated heterocycles. The van der Waals surface area contributed by atoms with Crippen LogP contribution in [-0.2, 0) is 9.53 Å². The van der Waals surface area contributed by atoms with Gasteiger partial charge in [-0.05, 0) is 23.6 Å². The summed E-state index contributed by atoms with van der Waals surface area (Å²) in [6, 6.07) is 22.7. The molecular formula is C27H29N2O3S+. The van der Waals surface area contributed by atoms with E-state index in [2.05, 4.69) is 5.32 Å². The normalized spacial score (nSPS) is 24.7. The van der Waals surface area contributed by atoms with Crippen molar-refractivity contribution in [2.45, 2.75) is 25.0 Å². The fourth-order valence-corrected chi connectivity index (χ4v) is 5.98. The minimum atomic E-state index is -0.540. The highest BCUT2D eigenvalue weighted by Gasteiger charge is 2.49. The zero-order chi connectivity index (χ0) is 22.7. The third kappa shape index (κ3) is 4.87. The molecule has 3 aliphatic heterocycles. The van der Waals surface area contributed by atoms with E-state index >= 15 is 0 Å². The van der Waals surface area contributed by atoms with E-state index in [0.29, 0.717) is 12.5 Å². The van der Waals surface area contributed by atoms with Gasteiger partial charge in [0.25, 0.3) is 0 Å². The van der Waals surface area contributed by atoms with E-state index in [1.165, 1.54) is 0 Å². The number of rotatable bonds is 8. The van der Waals surface area contributed by atoms with Crippen LogP contribution in [0.4, 0.5) is 5.69 Å². The van der Waals surface area contributed by atoms with E-state index in [0.717, 1.165) is 53.1 Å². The van der Waals surface area contributed by atoms with E-state index < -0.39 is 6.04 Å². The molecule has 2 aromatic carbocycles. The summed E-state index contributed by atoms with van der Waals surface area (Å²) in [5.41, 5.74) is 1.65. The number of carbonyl (C=O) groups excluding carboxylic acids is 2. The monoisotopic (exact) mass is 461 g/mol. The van der Waals surface area contributed by atoms with Crippen LogP contribution in [0.2, 0.25) is 0 Å². The molecule has 170 valence electrons. The number of para-hydroxylation sites is 1. The molecule has 0 saturated carbocycles. The smallest absolute Gasteiger partial charge is 0.334 e. The molecule has 6 heteroatoms. The van der Waals surface area contributed by atoms with Gasteiger partial charge in [-0.3, -0.25) is 4.79 Å². The summed E-state index contributed by atoms with van der Waals surface area (Å²) >= 11 is 1.55. The number of ketones is 1. The molecule has 3 aliphatic rings. The number of quaternary nitrogens is 1. The van der Waals surface area contributed by atoms with Crippen LogP contribution in [0.25, 0.3) is 0 Å². The van der Waals surface area contributed by atoms with Gasteiger partial charge >= 0.3 is 5.97 Å². The Hall–Kier alpha value is -2.96. The van der Waals surface area contributed by atoms with Gasteiger partial charge in [-0.2, -0.15) is 0 Å². The third-order valence-electron chi connectivity index (χ3n) is 7.03. The van der Waals surface area contributed by atoms with Crippen molar-refractivity contribution in [1.29, 1.82) is 0 Å². The highest BCUT2D eigenvalue weighted by Crippen LogP contribution is 2.37. The van der Waals surface area contributed by atoms with E-state index in [1.807, 2.05) is 78.2 Å². The summed E-state index contributed by atoms with van der Waals surface area (Å²) in [6.07, 6.45) is 1.84. The van der Waals surface area contributed by atoms with Gasteiger partial charge in [0.05, 0.1) is 13.1 Å². The predicted octanol–water partition coefficient (Wildman–Crippen LogP) is 4.94. The van der Waals surface area contributed by atoms with Crippen LogP contribution >= 0.6 is 11.3 Å². The molecule has 1 aromatic heterocycles. The van der Waals surface area contributed by atoms with Crippen molar-refractivity contribution < 1.29 is 18.8 Å². The second-order valence-corrected chi connectivity index (χ2v) is 10.2. The van der Waals surface area contributed by atoms with Crippen LogP contribution < -0.4 is 5.32 Å². The quantitative estimate of drug-likeness (QED) is 0.293. The Morgan fingerprint density at radius 3 is 2.33 bits per heavy atom. The van der Waals surface area contributed by atoms with Gasteiger partial charge in [0.15, 0.2) is 12.1 Å². The average Bonchev–Trinajstić information content (AvgIpc) is 3.39. The van der Waals surface area contributed by atoms with Crippen molar-refractivity contribution >= 4 is 28.8 Å². The number of hydrogen-bond acceptors (Lipinski definition) is 5. The summed E-state index contributed by atoms with van der Waals surface area (Å²) in [6.45, 7) is 3.15. The van der Waals surface area contributed by atoms with Crippen molar-refractivity contribution in [3.05, 3.63) is 88.6 Å². The Balaban J connectivity index is 1.29. The fourth-order valence-electron chi connectivity index (χ4n) is 5.22. The van der Waals surface area contributed by atoms with Gasteiger partial charge < -0.3 is 14.5 Å². The molecule has 5 nitrogen and oxygen atoms in total. The number of Topliss-reactive ketones (excluding diaryl/α,β-unsaturated/α-hetero) is 1. The number of thiophene rings is 1. The van der Waals surface area contributed by atoms with Crippen LogP contribution in [0.1, 0.15) is 34.1 Å². The third-order valence-corrected chi connectivity index (χ3v) is 7.97. The number of anilines is 1. The number of hydrogen-bond donors (Lipinski definition) is 1. The van der Waals surface area contributed by atoms with E-state index in [9.17, 15) is 9.59 Å². The average molecular weight is 462 g/mol. The maximum atomic E-state index is 13.4. The maximum absolute atomic E-state index is 13.4. The molecule has 1 unspecified atom stereocenters. The molecular weight excluding hydrogens is 432 g/mol. The Kier molecular flexibility index (Phi) is 6.29. The summed E-state index contributed by atoms with van der Waals surface area (Å²) in [4.78, 5) is 27.3. The standard InChI is InChI=1S/C27H29N2O3S/c30-23(20-8-3-1-4-9-20)18-29-15-13-21(14-16-29)24(19-29)32-27(31)26(25-12-7-17-33-25)28-22-10-5-2-6-11-22/h1-12,17,21,24,26,28H,13-16,18-19H2/q+1/t21?,24-,26?,29?/m0/s1. The van der Waals surface area contributed by atoms with Gasteiger partial charge in [-0.1, -0.05) is 54.6 Å². The minimum absolute atomic E-state index is 0.149. The Labute approximate surface area is 198 Å². The van der Waals surface area contributed by atoms with Gasteiger partial charge in [-0.25, -0.2) is 4.79 Å². The van der Waals surface area contributed by atoms with Crippen molar-refractivity contribution in [2.75, 3.05) is 31.5 Å². The van der Waals surface area contributed by atoms with Crippen molar-refractivity contribution in [3.63, 3.8) is 0 Å². The van der Waals surface area contributed by atoms with Gasteiger partial charge in [-0.15, -0.1) is 11.3 Å². The Morgan fingerprint density at radius 2 is 1.67 bits per heavy atom. The largest absolute Gasteiger partial charge is 0.454 e. The predicted molar refractivity (Wildman–Crippen MR) is 130 cm³/mol. The first-order chi connectivity index (χ1) is 16.1. The van der Waals surface area contributed by atoms with E-state index in [-0.39, 0.29) is 17.9 Å². The summed E-state index contributed by atoms with van der Waals surface area (Å²) in [7, 11) is 0. The number of ether oxygens (including phenoxy) is 1. The number of nitrogens with zero attached hydrogens (tertiary/aromatic N) is 1. The van der Waals surface area contributed by atoms with Gasteiger partial charge in [0.1, 0.15) is 13.1 Å². The van der Waals surface area contributed by atoms with Gasteiger partial charge in [0, 0.05) is 34.9 Å². The minimum Gasteiger partial charge on any atom is -0.454 e. The first kappa shape index (κ1) is 21.9. The molecule has 0 aliphatic carbocycles. The van der Waals surface area contributed by atoms with E-state index in [4.69, 9.17) is 4.74 Å². The van der Waals surface area contributed by atoms with Crippen LogP contribution in [0.3, 0.4) is 0 Å². The van der Waals surface area contributed by atoms with Crippen molar-refractivity contribution in [2.24, 2.45) is 5.92 Å². The van der Waals surface area contributed by atoms with Crippen LogP contribution in [0.5, 0.6) is 0 Å². The molecule has 3 aromatic rings. The van der Waals surface area contributed by atoms with Crippen molar-refractivity contribution in [3.8, 4) is 0 Å². The number of benzene rings is 2. The molecule has 0 spiro atoms. The van der Waals surface area contributed by atoms with Crippen LogP contribution in [0, 0.1) is 5.92 Å². The SMILES string of the molecule is O=C(C[N+]12CCC(CC1)[C@@H](OC(=O)C(Nc1ccccc1)c1cccs1)C2)c1ccccc1. The molecule has 0 radical (unpaired) electrons. The highest BCUT2D eigenvalue weighted by molar-refractivity contribution is 7.10. The molecule has 1 N–H and O–H groups in total. The lowest BCUT2D eigenvalue weighted by molar-refractivity contribution is -0.938. The number of carbonyl (C=O) groups is 2. The zero-order valence-corrected chi connectivity index (χ0v) is 19.4. The molecule has 6 rings (SSSR count). The fraction of sp³-hybridized carbons (Fsp3) is 0.333. The van der Waals surface area contributed by atoms with Gasteiger partial charge in [0.2, 0.25) is 5.78 Å². The Morgan fingerprint density at radius 1 is 0.970 bits per heavy atom. The number of fused-ring (bicyclic) bond motifs is 3. The molecule has 2 atom stereocenters. The first-order valence-corrected chi connectivity index (χ1v) is 12.5. The number of esters is 1. The summed E-state index contributed by atoms with van der Waals surface area (Å²) in [5.74, 6) is 0.303. The second-order valence-electron chi connectivity index (χ2n) is 9.19. The summed E-state index contributed by atoms with van der Waals surface area (Å²) in [5, 5.41) is 5.33. The molecule has 4 heterocycles. The highest BCUT2D eigenvalue weighted by atomic mass is 32.1. The van der Waals surface area contributed by atoms with Crippen molar-refractivity contribution in [1.82, 2.24) is 0 Å². The summed E-state index contributed by atoms with van der Waals surface area (Å²) < 4.78 is 6.89. The molecule has 2 bridgehead atoms. The molecule has 33 heavy (non-hydrogen) atoms. The number of nitrogens with one attached hydrogen (secondary N) is 1. The molecule has 0 amide bonds.